The molecule has 0 aromatic heterocycles. The summed E-state index contributed by atoms with van der Waals surface area (Å²) in [7, 11) is 1.44. The van der Waals surface area contributed by atoms with Crippen LogP contribution in [0.2, 0.25) is 0 Å². The molecule has 1 aliphatic rings. The number of fused-ring (bicyclic) bond motifs is 1. The molecule has 0 heterocycles. The van der Waals surface area contributed by atoms with Crippen molar-refractivity contribution < 1.29 is 9.53 Å². The van der Waals surface area contributed by atoms with E-state index in [2.05, 4.69) is 19.1 Å². The molecule has 1 aromatic carbocycles. The van der Waals surface area contributed by atoms with Crippen molar-refractivity contribution in [3.8, 4) is 0 Å². The summed E-state index contributed by atoms with van der Waals surface area (Å²) in [5, 5.41) is 0. The van der Waals surface area contributed by atoms with Crippen LogP contribution in [0.25, 0.3) is 6.08 Å². The molecule has 0 spiro atoms. The highest BCUT2D eigenvalue weighted by Gasteiger charge is 2.18. The highest BCUT2D eigenvalue weighted by molar-refractivity contribution is 5.94. The van der Waals surface area contributed by atoms with Gasteiger partial charge in [0, 0.05) is 5.57 Å². The van der Waals surface area contributed by atoms with Crippen molar-refractivity contribution in [1.29, 1.82) is 0 Å². The predicted molar refractivity (Wildman–Crippen MR) is 63.9 cm³/mol. The standard InChI is InChI=1S/C14H16O2/c1-10-7-11-5-3-4-6-12(11)9-13(8-10)14(15)16-2/h3-6,9-10H,7-8H2,1-2H3. The summed E-state index contributed by atoms with van der Waals surface area (Å²) < 4.78 is 4.80. The van der Waals surface area contributed by atoms with Gasteiger partial charge in [-0.1, -0.05) is 31.2 Å². The monoisotopic (exact) mass is 216 g/mol. The zero-order valence-corrected chi connectivity index (χ0v) is 9.69. The molecule has 1 unspecified atom stereocenters. The molecule has 2 rings (SSSR count). The van der Waals surface area contributed by atoms with Crippen LogP contribution in [-0.2, 0) is 16.0 Å². The normalized spacial score (nSPS) is 19.4. The van der Waals surface area contributed by atoms with Gasteiger partial charge in [-0.25, -0.2) is 4.79 Å². The summed E-state index contributed by atoms with van der Waals surface area (Å²) in [6, 6.07) is 8.22. The molecule has 1 aliphatic carbocycles. The molecule has 0 fully saturated rings. The van der Waals surface area contributed by atoms with E-state index >= 15 is 0 Å². The lowest BCUT2D eigenvalue weighted by Gasteiger charge is -2.09. The van der Waals surface area contributed by atoms with Crippen LogP contribution in [0.1, 0.15) is 24.5 Å². The van der Waals surface area contributed by atoms with Crippen molar-refractivity contribution >= 4 is 12.0 Å². The van der Waals surface area contributed by atoms with E-state index in [1.54, 1.807) is 0 Å². The first kappa shape index (κ1) is 10.9. The second kappa shape index (κ2) is 4.52. The predicted octanol–water partition coefficient (Wildman–Crippen LogP) is 2.83. The molecule has 16 heavy (non-hydrogen) atoms. The minimum absolute atomic E-state index is 0.205. The van der Waals surface area contributed by atoms with Crippen LogP contribution in [0.3, 0.4) is 0 Å². The topological polar surface area (TPSA) is 26.3 Å². The Hall–Kier alpha value is -1.57. The summed E-state index contributed by atoms with van der Waals surface area (Å²) >= 11 is 0. The van der Waals surface area contributed by atoms with Crippen LogP contribution in [0, 0.1) is 5.92 Å². The maximum Gasteiger partial charge on any atom is 0.333 e. The first-order valence-electron chi connectivity index (χ1n) is 5.57. The molecule has 84 valence electrons. The first-order chi connectivity index (χ1) is 7.70. The fraction of sp³-hybridized carbons (Fsp3) is 0.357. The number of esters is 1. The van der Waals surface area contributed by atoms with Crippen LogP contribution in [0.15, 0.2) is 29.8 Å². The molecule has 0 saturated heterocycles. The van der Waals surface area contributed by atoms with E-state index in [1.807, 2.05) is 18.2 Å². The number of hydrogen-bond acceptors (Lipinski definition) is 2. The number of hydrogen-bond donors (Lipinski definition) is 0. The van der Waals surface area contributed by atoms with Gasteiger partial charge in [-0.2, -0.15) is 0 Å². The van der Waals surface area contributed by atoms with Gasteiger partial charge in [-0.3, -0.25) is 0 Å². The van der Waals surface area contributed by atoms with Gasteiger partial charge in [0.2, 0.25) is 0 Å². The number of rotatable bonds is 1. The van der Waals surface area contributed by atoms with Crippen LogP contribution in [0.5, 0.6) is 0 Å². The van der Waals surface area contributed by atoms with Gasteiger partial charge in [0.05, 0.1) is 7.11 Å². The van der Waals surface area contributed by atoms with E-state index < -0.39 is 0 Å². The third-order valence-corrected chi connectivity index (χ3v) is 2.97. The lowest BCUT2D eigenvalue weighted by molar-refractivity contribution is -0.136. The number of methoxy groups -OCH3 is 1. The van der Waals surface area contributed by atoms with E-state index in [0.717, 1.165) is 24.0 Å². The van der Waals surface area contributed by atoms with Gasteiger partial charge in [0.1, 0.15) is 0 Å². The molecule has 0 N–H and O–H groups in total. The highest BCUT2D eigenvalue weighted by atomic mass is 16.5. The lowest BCUT2D eigenvalue weighted by Crippen LogP contribution is -2.08. The molecule has 1 atom stereocenters. The molecule has 0 radical (unpaired) electrons. The molecular weight excluding hydrogens is 200 g/mol. The van der Waals surface area contributed by atoms with Crippen LogP contribution < -0.4 is 0 Å². The maximum absolute atomic E-state index is 11.6. The fourth-order valence-corrected chi connectivity index (χ4v) is 2.20. The third-order valence-electron chi connectivity index (χ3n) is 2.97. The molecule has 0 saturated carbocycles. The third kappa shape index (κ3) is 2.16. The van der Waals surface area contributed by atoms with Crippen molar-refractivity contribution in [3.05, 3.63) is 41.0 Å². The van der Waals surface area contributed by atoms with E-state index in [4.69, 9.17) is 4.74 Å². The molecular formula is C14H16O2. The average molecular weight is 216 g/mol. The average Bonchev–Trinajstić information content (AvgIpc) is 2.45. The summed E-state index contributed by atoms with van der Waals surface area (Å²) in [6.45, 7) is 2.17. The van der Waals surface area contributed by atoms with Crippen molar-refractivity contribution in [2.45, 2.75) is 19.8 Å². The Morgan fingerprint density at radius 2 is 2.06 bits per heavy atom. The van der Waals surface area contributed by atoms with Crippen LogP contribution >= 0.6 is 0 Å². The minimum Gasteiger partial charge on any atom is -0.466 e. The number of ether oxygens (including phenoxy) is 1. The maximum atomic E-state index is 11.6. The molecule has 2 heteroatoms. The zero-order chi connectivity index (χ0) is 11.5. The number of benzene rings is 1. The summed E-state index contributed by atoms with van der Waals surface area (Å²) in [5.41, 5.74) is 3.24. The second-order valence-corrected chi connectivity index (χ2v) is 4.37. The molecule has 0 amide bonds. The molecule has 2 nitrogen and oxygen atoms in total. The van der Waals surface area contributed by atoms with Gasteiger partial charge < -0.3 is 4.74 Å². The smallest absolute Gasteiger partial charge is 0.333 e. The van der Waals surface area contributed by atoms with E-state index in [9.17, 15) is 4.79 Å². The van der Waals surface area contributed by atoms with E-state index in [-0.39, 0.29) is 5.97 Å². The Bertz CT molecular complexity index is 432. The largest absolute Gasteiger partial charge is 0.466 e. The number of carbonyl (C=O) groups excluding carboxylic acids is 1. The van der Waals surface area contributed by atoms with Gasteiger partial charge in [-0.05, 0) is 36.0 Å². The van der Waals surface area contributed by atoms with Gasteiger partial charge in [0.25, 0.3) is 0 Å². The summed E-state index contributed by atoms with van der Waals surface area (Å²) in [4.78, 5) is 11.6. The van der Waals surface area contributed by atoms with Crippen molar-refractivity contribution in [2.75, 3.05) is 7.11 Å². The van der Waals surface area contributed by atoms with Crippen LogP contribution in [0.4, 0.5) is 0 Å². The van der Waals surface area contributed by atoms with Crippen molar-refractivity contribution in [1.82, 2.24) is 0 Å². The quantitative estimate of drug-likeness (QED) is 0.675. The first-order valence-corrected chi connectivity index (χ1v) is 5.57. The highest BCUT2D eigenvalue weighted by Crippen LogP contribution is 2.27. The lowest BCUT2D eigenvalue weighted by atomic mass is 9.97. The Labute approximate surface area is 95.9 Å². The van der Waals surface area contributed by atoms with E-state index in [1.165, 1.54) is 12.7 Å². The van der Waals surface area contributed by atoms with Crippen molar-refractivity contribution in [3.63, 3.8) is 0 Å². The van der Waals surface area contributed by atoms with Gasteiger partial charge in [0.15, 0.2) is 0 Å². The van der Waals surface area contributed by atoms with Gasteiger partial charge >= 0.3 is 5.97 Å². The van der Waals surface area contributed by atoms with Crippen molar-refractivity contribution in [2.24, 2.45) is 5.92 Å². The second-order valence-electron chi connectivity index (χ2n) is 4.37. The zero-order valence-electron chi connectivity index (χ0n) is 9.69. The fourth-order valence-electron chi connectivity index (χ4n) is 2.20. The number of carbonyl (C=O) groups is 1. The Kier molecular flexibility index (Phi) is 3.09. The SMILES string of the molecule is COC(=O)C1=Cc2ccccc2CC(C)C1. The van der Waals surface area contributed by atoms with Crippen LogP contribution in [-0.4, -0.2) is 13.1 Å². The molecule has 0 bridgehead atoms. The molecule has 1 aromatic rings. The van der Waals surface area contributed by atoms with E-state index in [0.29, 0.717) is 5.92 Å². The molecule has 0 aliphatic heterocycles. The summed E-state index contributed by atoms with van der Waals surface area (Å²) in [6.07, 6.45) is 3.78. The van der Waals surface area contributed by atoms with Gasteiger partial charge in [-0.15, -0.1) is 0 Å². The Morgan fingerprint density at radius 3 is 2.81 bits per heavy atom. The summed E-state index contributed by atoms with van der Waals surface area (Å²) in [5.74, 6) is 0.276. The minimum atomic E-state index is -0.205. The Morgan fingerprint density at radius 1 is 1.31 bits per heavy atom. The Balaban J connectivity index is 2.42.